The van der Waals surface area contributed by atoms with Crippen molar-refractivity contribution in [1.82, 2.24) is 14.9 Å². The summed E-state index contributed by atoms with van der Waals surface area (Å²) in [6.45, 7) is 5.04. The Morgan fingerprint density at radius 3 is 2.44 bits per heavy atom. The van der Waals surface area contributed by atoms with Crippen LogP contribution in [0.5, 0.6) is 5.88 Å². The van der Waals surface area contributed by atoms with Gasteiger partial charge in [-0.05, 0) is 70.8 Å². The Balaban J connectivity index is 1.59. The van der Waals surface area contributed by atoms with Crippen LogP contribution in [0.15, 0.2) is 47.5 Å². The second-order valence-electron chi connectivity index (χ2n) is 11.4. The normalized spacial score (nSPS) is 20.2. The predicted molar refractivity (Wildman–Crippen MR) is 156 cm³/mol. The standard InChI is InChI=1S/C31H35F4N5O3/c1-18-16-40(17-19(2)39(18)3)27-14-25(32)22(21-10-7-11-36-30(21)43-20-8-5-4-6-9-20)12-26(27)38-29(42)23-15-37-28(41)13-24(23)31(33,34)35/h7,10-15,18-20H,4-6,8-9,16-17H2,1-3H3,(H,37,41)(H,38,42)/t18-,19?/m1/s1. The van der Waals surface area contributed by atoms with Crippen molar-refractivity contribution < 1.29 is 27.1 Å². The molecular weight excluding hydrogens is 566 g/mol. The number of amides is 1. The first kappa shape index (κ1) is 30.5. The van der Waals surface area contributed by atoms with Gasteiger partial charge in [0.15, 0.2) is 0 Å². The number of hydrogen-bond donors (Lipinski definition) is 2. The summed E-state index contributed by atoms with van der Waals surface area (Å²) in [6, 6.07) is 6.54. The number of likely N-dealkylation sites (N-methyl/N-ethyl adjacent to an activating group) is 1. The van der Waals surface area contributed by atoms with Crippen LogP contribution in [0.4, 0.5) is 28.9 Å². The molecule has 2 aromatic heterocycles. The fourth-order valence-electron chi connectivity index (χ4n) is 5.85. The number of rotatable bonds is 6. The number of aromatic nitrogens is 2. The lowest BCUT2D eigenvalue weighted by Gasteiger charge is -2.44. The molecule has 5 rings (SSSR count). The molecule has 1 saturated carbocycles. The molecule has 1 saturated heterocycles. The lowest BCUT2D eigenvalue weighted by Crippen LogP contribution is -2.55. The molecule has 12 heteroatoms. The molecule has 0 radical (unpaired) electrons. The number of ether oxygens (including phenoxy) is 1. The van der Waals surface area contributed by atoms with Crippen LogP contribution in [0.25, 0.3) is 11.1 Å². The van der Waals surface area contributed by atoms with E-state index in [0.717, 1.165) is 38.3 Å². The van der Waals surface area contributed by atoms with Gasteiger partial charge in [-0.25, -0.2) is 9.37 Å². The van der Waals surface area contributed by atoms with E-state index in [-0.39, 0.29) is 35.3 Å². The van der Waals surface area contributed by atoms with Crippen LogP contribution in [0.2, 0.25) is 0 Å². The van der Waals surface area contributed by atoms with Crippen LogP contribution in [0, 0.1) is 5.82 Å². The second kappa shape index (κ2) is 12.4. The third-order valence-corrected chi connectivity index (χ3v) is 8.40. The molecule has 1 unspecified atom stereocenters. The average Bonchev–Trinajstić information content (AvgIpc) is 2.96. The van der Waals surface area contributed by atoms with Gasteiger partial charge in [-0.3, -0.25) is 14.5 Å². The van der Waals surface area contributed by atoms with Crippen LogP contribution >= 0.6 is 0 Å². The van der Waals surface area contributed by atoms with Gasteiger partial charge in [-0.1, -0.05) is 6.42 Å². The van der Waals surface area contributed by atoms with Gasteiger partial charge in [0.25, 0.3) is 5.91 Å². The monoisotopic (exact) mass is 601 g/mol. The molecule has 0 spiro atoms. The summed E-state index contributed by atoms with van der Waals surface area (Å²) < 4.78 is 63.5. The van der Waals surface area contributed by atoms with Crippen LogP contribution in [-0.4, -0.2) is 59.1 Å². The highest BCUT2D eigenvalue weighted by atomic mass is 19.4. The van der Waals surface area contributed by atoms with Crippen LogP contribution in [0.1, 0.15) is 61.9 Å². The topological polar surface area (TPSA) is 90.6 Å². The molecule has 1 amide bonds. The number of alkyl halides is 3. The maximum atomic E-state index is 16.0. The van der Waals surface area contributed by atoms with Crippen molar-refractivity contribution in [2.24, 2.45) is 0 Å². The Labute approximate surface area is 247 Å². The van der Waals surface area contributed by atoms with E-state index in [4.69, 9.17) is 4.74 Å². The van der Waals surface area contributed by atoms with Gasteiger partial charge >= 0.3 is 6.18 Å². The highest BCUT2D eigenvalue weighted by Gasteiger charge is 2.36. The maximum Gasteiger partial charge on any atom is 0.417 e. The molecule has 0 bridgehead atoms. The number of benzene rings is 1. The van der Waals surface area contributed by atoms with Gasteiger partial charge in [0, 0.05) is 54.8 Å². The number of carbonyl (C=O) groups is 1. The van der Waals surface area contributed by atoms with Gasteiger partial charge in [-0.15, -0.1) is 0 Å². The fraction of sp³-hybridized carbons (Fsp3) is 0.452. The summed E-state index contributed by atoms with van der Waals surface area (Å²) in [5.41, 5.74) is -2.20. The van der Waals surface area contributed by atoms with Gasteiger partial charge in [0.05, 0.1) is 22.5 Å². The number of piperazine rings is 1. The molecule has 1 aliphatic heterocycles. The Kier molecular flexibility index (Phi) is 8.77. The number of carbonyl (C=O) groups excluding carboxylic acids is 1. The summed E-state index contributed by atoms with van der Waals surface area (Å²) in [5.74, 6) is -1.43. The van der Waals surface area contributed by atoms with E-state index in [1.807, 2.05) is 25.8 Å². The fourth-order valence-corrected chi connectivity index (χ4v) is 5.85. The van der Waals surface area contributed by atoms with E-state index in [1.54, 1.807) is 18.3 Å². The zero-order chi connectivity index (χ0) is 30.9. The first-order valence-corrected chi connectivity index (χ1v) is 14.5. The van der Waals surface area contributed by atoms with Crippen molar-refractivity contribution >= 4 is 17.3 Å². The van der Waals surface area contributed by atoms with Gasteiger partial charge in [-0.2, -0.15) is 13.2 Å². The summed E-state index contributed by atoms with van der Waals surface area (Å²) >= 11 is 0. The number of nitrogens with zero attached hydrogens (tertiary/aromatic N) is 3. The van der Waals surface area contributed by atoms with Crippen LogP contribution < -0.4 is 20.5 Å². The van der Waals surface area contributed by atoms with Crippen molar-refractivity contribution in [3.63, 3.8) is 0 Å². The summed E-state index contributed by atoms with van der Waals surface area (Å²) in [6.07, 6.45) is 2.19. The summed E-state index contributed by atoms with van der Waals surface area (Å²) in [4.78, 5) is 35.7. The molecule has 1 aromatic carbocycles. The molecule has 1 aliphatic carbocycles. The molecule has 43 heavy (non-hydrogen) atoms. The molecule has 2 N–H and O–H groups in total. The minimum Gasteiger partial charge on any atom is -0.474 e. The Morgan fingerprint density at radius 1 is 1.07 bits per heavy atom. The maximum absolute atomic E-state index is 16.0. The quantitative estimate of drug-likeness (QED) is 0.333. The number of pyridine rings is 2. The molecule has 2 fully saturated rings. The third-order valence-electron chi connectivity index (χ3n) is 8.40. The largest absolute Gasteiger partial charge is 0.474 e. The van der Waals surface area contributed by atoms with Gasteiger partial charge in [0.2, 0.25) is 11.4 Å². The Morgan fingerprint density at radius 2 is 1.77 bits per heavy atom. The van der Waals surface area contributed by atoms with Crippen LogP contribution in [0.3, 0.4) is 0 Å². The molecule has 230 valence electrons. The van der Waals surface area contributed by atoms with Crippen molar-refractivity contribution in [3.05, 3.63) is 70.0 Å². The number of nitrogens with one attached hydrogen (secondary N) is 2. The summed E-state index contributed by atoms with van der Waals surface area (Å²) in [7, 11) is 1.99. The summed E-state index contributed by atoms with van der Waals surface area (Å²) in [5, 5.41) is 2.59. The first-order chi connectivity index (χ1) is 20.4. The third kappa shape index (κ3) is 6.69. The average molecular weight is 602 g/mol. The van der Waals surface area contributed by atoms with Crippen molar-refractivity contribution in [2.75, 3.05) is 30.4 Å². The van der Waals surface area contributed by atoms with Gasteiger partial charge < -0.3 is 19.9 Å². The van der Waals surface area contributed by atoms with E-state index in [1.165, 1.54) is 12.1 Å². The van der Waals surface area contributed by atoms with Crippen molar-refractivity contribution in [1.29, 1.82) is 0 Å². The number of halogens is 4. The van der Waals surface area contributed by atoms with E-state index in [9.17, 15) is 22.8 Å². The van der Waals surface area contributed by atoms with Crippen LogP contribution in [-0.2, 0) is 6.18 Å². The number of hydrogen-bond acceptors (Lipinski definition) is 6. The minimum atomic E-state index is -4.94. The second-order valence-corrected chi connectivity index (χ2v) is 11.4. The zero-order valence-electron chi connectivity index (χ0n) is 24.3. The zero-order valence-corrected chi connectivity index (χ0v) is 24.3. The number of aromatic amines is 1. The van der Waals surface area contributed by atoms with E-state index in [0.29, 0.717) is 30.4 Å². The first-order valence-electron chi connectivity index (χ1n) is 14.5. The van der Waals surface area contributed by atoms with E-state index < -0.39 is 34.6 Å². The number of anilines is 2. The lowest BCUT2D eigenvalue weighted by atomic mass is 9.97. The smallest absolute Gasteiger partial charge is 0.417 e. The molecule has 3 aromatic rings. The number of H-pyrrole nitrogens is 1. The molecule has 2 aliphatic rings. The predicted octanol–water partition coefficient (Wildman–Crippen LogP) is 6.09. The molecule has 3 heterocycles. The van der Waals surface area contributed by atoms with E-state index in [2.05, 4.69) is 20.2 Å². The Bertz CT molecular complexity index is 1520. The van der Waals surface area contributed by atoms with E-state index >= 15 is 4.39 Å². The van der Waals surface area contributed by atoms with Gasteiger partial charge in [0.1, 0.15) is 11.9 Å². The molecular formula is C31H35F4N5O3. The molecule has 2 atom stereocenters. The molecule has 8 nitrogen and oxygen atoms in total. The van der Waals surface area contributed by atoms with Crippen molar-refractivity contribution in [3.8, 4) is 17.0 Å². The SMILES string of the molecule is CC1CN(c2cc(F)c(-c3cccnc3OC3CCCCC3)cc2NC(=O)c2c[nH]c(=O)cc2C(F)(F)F)C[C@@H](C)N1C. The Hall–Kier alpha value is -3.93. The van der Waals surface area contributed by atoms with Crippen molar-refractivity contribution in [2.45, 2.75) is 70.3 Å². The highest BCUT2D eigenvalue weighted by molar-refractivity contribution is 6.07. The highest BCUT2D eigenvalue weighted by Crippen LogP contribution is 2.40. The lowest BCUT2D eigenvalue weighted by molar-refractivity contribution is -0.138. The minimum absolute atomic E-state index is 0.0572.